The molecule has 0 aliphatic carbocycles. The number of benzene rings is 3. The molecule has 22 heavy (non-hydrogen) atoms. The molecular formula is C20H18N2. The minimum absolute atomic E-state index is 0.707. The molecule has 3 aromatic carbocycles. The molecule has 0 saturated carbocycles. The Bertz CT molecular complexity index is 901. The minimum atomic E-state index is 0.707. The fourth-order valence-corrected chi connectivity index (χ4v) is 2.90. The number of nitrogens with two attached hydrogens (primary N) is 1. The second-order valence-corrected chi connectivity index (χ2v) is 5.66. The van der Waals surface area contributed by atoms with E-state index in [2.05, 4.69) is 44.2 Å². The number of hydrogen-bond acceptors (Lipinski definition) is 2. The summed E-state index contributed by atoms with van der Waals surface area (Å²) in [6, 6.07) is 18.7. The number of fused-ring (bicyclic) bond motifs is 1. The fraction of sp³-hybridized carbons (Fsp3) is 0.150. The summed E-state index contributed by atoms with van der Waals surface area (Å²) in [5.41, 5.74) is 12.0. The van der Waals surface area contributed by atoms with Crippen LogP contribution < -0.4 is 5.73 Å². The van der Waals surface area contributed by atoms with Gasteiger partial charge in [-0.2, -0.15) is 5.26 Å². The quantitative estimate of drug-likeness (QED) is 0.686. The molecule has 0 spiro atoms. The lowest BCUT2D eigenvalue weighted by Gasteiger charge is -2.09. The summed E-state index contributed by atoms with van der Waals surface area (Å²) in [6.45, 7) is 4.18. The highest BCUT2D eigenvalue weighted by Gasteiger charge is 2.05. The van der Waals surface area contributed by atoms with Crippen LogP contribution in [0.5, 0.6) is 0 Å². The van der Waals surface area contributed by atoms with Crippen LogP contribution in [-0.2, 0) is 6.42 Å². The predicted molar refractivity (Wildman–Crippen MR) is 92.6 cm³/mol. The van der Waals surface area contributed by atoms with E-state index >= 15 is 0 Å². The molecule has 0 aliphatic heterocycles. The molecule has 0 heterocycles. The molecule has 2 heteroatoms. The first-order chi connectivity index (χ1) is 10.6. The predicted octanol–water partition coefficient (Wildman–Crippen LogP) is 4.83. The van der Waals surface area contributed by atoms with Crippen LogP contribution in [0.3, 0.4) is 0 Å². The van der Waals surface area contributed by atoms with Crippen LogP contribution in [0.25, 0.3) is 21.9 Å². The van der Waals surface area contributed by atoms with Crippen molar-refractivity contribution in [2.45, 2.75) is 20.3 Å². The molecule has 0 radical (unpaired) electrons. The average molecular weight is 286 g/mol. The second-order valence-electron chi connectivity index (χ2n) is 5.66. The number of anilines is 1. The summed E-state index contributed by atoms with van der Waals surface area (Å²) in [4.78, 5) is 0. The van der Waals surface area contributed by atoms with Gasteiger partial charge in [0.25, 0.3) is 0 Å². The molecule has 0 fully saturated rings. The highest BCUT2D eigenvalue weighted by molar-refractivity contribution is 5.92. The van der Waals surface area contributed by atoms with Crippen molar-refractivity contribution in [1.29, 1.82) is 5.26 Å². The number of nitrogens with zero attached hydrogens (tertiary/aromatic N) is 1. The van der Waals surface area contributed by atoms with Crippen molar-refractivity contribution in [2.24, 2.45) is 0 Å². The van der Waals surface area contributed by atoms with Gasteiger partial charge in [0.15, 0.2) is 0 Å². The van der Waals surface area contributed by atoms with Crippen molar-refractivity contribution in [3.8, 4) is 17.2 Å². The van der Waals surface area contributed by atoms with E-state index in [1.807, 2.05) is 24.3 Å². The van der Waals surface area contributed by atoms with E-state index < -0.39 is 0 Å². The summed E-state index contributed by atoms with van der Waals surface area (Å²) in [5.74, 6) is 0. The van der Waals surface area contributed by atoms with E-state index in [4.69, 9.17) is 5.73 Å². The van der Waals surface area contributed by atoms with Gasteiger partial charge < -0.3 is 5.73 Å². The first kappa shape index (κ1) is 14.2. The van der Waals surface area contributed by atoms with Crippen molar-refractivity contribution < 1.29 is 0 Å². The molecule has 3 aromatic rings. The maximum Gasteiger partial charge on any atom is 0.0991 e. The Morgan fingerprint density at radius 2 is 1.82 bits per heavy atom. The van der Waals surface area contributed by atoms with E-state index in [1.165, 1.54) is 16.5 Å². The van der Waals surface area contributed by atoms with Crippen LogP contribution in [0.2, 0.25) is 0 Å². The van der Waals surface area contributed by atoms with E-state index in [0.29, 0.717) is 5.56 Å². The van der Waals surface area contributed by atoms with Gasteiger partial charge in [0, 0.05) is 5.69 Å². The van der Waals surface area contributed by atoms with Gasteiger partial charge in [0.05, 0.1) is 11.6 Å². The van der Waals surface area contributed by atoms with E-state index in [0.717, 1.165) is 28.6 Å². The summed E-state index contributed by atoms with van der Waals surface area (Å²) in [7, 11) is 0. The van der Waals surface area contributed by atoms with E-state index in [9.17, 15) is 5.26 Å². The molecule has 2 N–H and O–H groups in total. The highest BCUT2D eigenvalue weighted by atomic mass is 14.5. The van der Waals surface area contributed by atoms with Crippen LogP contribution in [0.1, 0.15) is 23.6 Å². The topological polar surface area (TPSA) is 49.8 Å². The van der Waals surface area contributed by atoms with Crippen molar-refractivity contribution in [3.63, 3.8) is 0 Å². The van der Waals surface area contributed by atoms with Gasteiger partial charge in [-0.05, 0) is 76.7 Å². The zero-order chi connectivity index (χ0) is 15.7. The lowest BCUT2D eigenvalue weighted by Crippen LogP contribution is -1.89. The molecule has 2 nitrogen and oxygen atoms in total. The van der Waals surface area contributed by atoms with Gasteiger partial charge >= 0.3 is 0 Å². The minimum Gasteiger partial charge on any atom is -0.399 e. The standard InChI is InChI=1S/C20H18N2/c1-3-14-7-15(12-21)9-17(8-14)16-4-5-20-13(2)6-19(22)11-18(20)10-16/h4-11H,3,22H2,1-2H3. The molecule has 0 aliphatic rings. The third-order valence-electron chi connectivity index (χ3n) is 4.05. The lowest BCUT2D eigenvalue weighted by molar-refractivity contribution is 1.14. The van der Waals surface area contributed by atoms with Gasteiger partial charge in [0.1, 0.15) is 0 Å². The van der Waals surface area contributed by atoms with Crippen LogP contribution >= 0.6 is 0 Å². The Kier molecular flexibility index (Phi) is 3.56. The average Bonchev–Trinajstić information content (AvgIpc) is 2.53. The Hall–Kier alpha value is -2.79. The van der Waals surface area contributed by atoms with Crippen molar-refractivity contribution in [1.82, 2.24) is 0 Å². The van der Waals surface area contributed by atoms with Crippen molar-refractivity contribution in [3.05, 3.63) is 65.2 Å². The van der Waals surface area contributed by atoms with E-state index in [1.54, 1.807) is 0 Å². The molecule has 3 rings (SSSR count). The Morgan fingerprint density at radius 3 is 2.55 bits per heavy atom. The number of nitrogen functional groups attached to an aromatic ring is 1. The molecule has 0 aromatic heterocycles. The van der Waals surface area contributed by atoms with Gasteiger partial charge in [-0.15, -0.1) is 0 Å². The number of rotatable bonds is 2. The number of nitriles is 1. The smallest absolute Gasteiger partial charge is 0.0991 e. The summed E-state index contributed by atoms with van der Waals surface area (Å²) in [6.07, 6.45) is 0.919. The fourth-order valence-electron chi connectivity index (χ4n) is 2.90. The first-order valence-electron chi connectivity index (χ1n) is 7.45. The Morgan fingerprint density at radius 1 is 1.00 bits per heavy atom. The van der Waals surface area contributed by atoms with Crippen molar-refractivity contribution >= 4 is 16.5 Å². The maximum atomic E-state index is 9.21. The molecule has 0 unspecified atom stereocenters. The third kappa shape index (κ3) is 2.54. The monoisotopic (exact) mass is 286 g/mol. The largest absolute Gasteiger partial charge is 0.399 e. The SMILES string of the molecule is CCc1cc(C#N)cc(-c2ccc3c(C)cc(N)cc3c2)c1. The molecule has 0 bridgehead atoms. The first-order valence-corrected chi connectivity index (χ1v) is 7.45. The number of aryl methyl sites for hydroxylation is 2. The van der Waals surface area contributed by atoms with Crippen LogP contribution in [-0.4, -0.2) is 0 Å². The van der Waals surface area contributed by atoms with Crippen LogP contribution in [0, 0.1) is 18.3 Å². The van der Waals surface area contributed by atoms with Crippen LogP contribution in [0.15, 0.2) is 48.5 Å². The summed E-state index contributed by atoms with van der Waals surface area (Å²) < 4.78 is 0. The second kappa shape index (κ2) is 5.54. The van der Waals surface area contributed by atoms with Gasteiger partial charge in [-0.25, -0.2) is 0 Å². The van der Waals surface area contributed by atoms with Gasteiger partial charge in [-0.1, -0.05) is 25.1 Å². The molecule has 108 valence electrons. The molecular weight excluding hydrogens is 268 g/mol. The zero-order valence-electron chi connectivity index (χ0n) is 12.9. The maximum absolute atomic E-state index is 9.21. The Labute approximate surface area is 130 Å². The van der Waals surface area contributed by atoms with Crippen molar-refractivity contribution in [2.75, 3.05) is 5.73 Å². The van der Waals surface area contributed by atoms with E-state index in [-0.39, 0.29) is 0 Å². The highest BCUT2D eigenvalue weighted by Crippen LogP contribution is 2.29. The third-order valence-corrected chi connectivity index (χ3v) is 4.05. The summed E-state index contributed by atoms with van der Waals surface area (Å²) in [5, 5.41) is 11.6. The summed E-state index contributed by atoms with van der Waals surface area (Å²) >= 11 is 0. The Balaban J connectivity index is 2.20. The molecule has 0 atom stereocenters. The lowest BCUT2D eigenvalue weighted by atomic mass is 9.95. The molecule has 0 amide bonds. The molecule has 0 saturated heterocycles. The van der Waals surface area contributed by atoms with Gasteiger partial charge in [0.2, 0.25) is 0 Å². The number of hydrogen-bond donors (Lipinski definition) is 1. The van der Waals surface area contributed by atoms with Gasteiger partial charge in [-0.3, -0.25) is 0 Å². The zero-order valence-corrected chi connectivity index (χ0v) is 12.9. The van der Waals surface area contributed by atoms with Crippen LogP contribution in [0.4, 0.5) is 5.69 Å². The normalized spacial score (nSPS) is 10.6.